The van der Waals surface area contributed by atoms with Crippen molar-refractivity contribution in [2.45, 2.75) is 12.0 Å². The number of aryl methyl sites for hydroxylation is 1. The van der Waals surface area contributed by atoms with Gasteiger partial charge in [-0.1, -0.05) is 60.7 Å². The van der Waals surface area contributed by atoms with Gasteiger partial charge in [-0.15, -0.1) is 0 Å². The van der Waals surface area contributed by atoms with Crippen molar-refractivity contribution in [1.82, 2.24) is 14.7 Å². The van der Waals surface area contributed by atoms with E-state index in [2.05, 4.69) is 10.4 Å². The van der Waals surface area contributed by atoms with Gasteiger partial charge in [-0.2, -0.15) is 5.10 Å². The van der Waals surface area contributed by atoms with Crippen LogP contribution in [0.15, 0.2) is 66.9 Å². The first-order valence-corrected chi connectivity index (χ1v) is 9.50. The molecular formula is C22H23N5O2. The highest BCUT2D eigenvalue weighted by Crippen LogP contribution is 2.30. The van der Waals surface area contributed by atoms with Gasteiger partial charge in [0.1, 0.15) is 0 Å². The van der Waals surface area contributed by atoms with Crippen LogP contribution in [0.25, 0.3) is 11.1 Å². The van der Waals surface area contributed by atoms with Crippen LogP contribution in [0, 0.1) is 0 Å². The lowest BCUT2D eigenvalue weighted by molar-refractivity contribution is -0.142. The third-order valence-electron chi connectivity index (χ3n) is 5.28. The minimum absolute atomic E-state index is 0.303. The summed E-state index contributed by atoms with van der Waals surface area (Å²) in [6.45, 7) is 0.739. The number of carbonyl (C=O) groups excluding carboxylic acids is 2. The van der Waals surface area contributed by atoms with Crippen LogP contribution >= 0.6 is 0 Å². The zero-order valence-corrected chi connectivity index (χ0v) is 16.2. The van der Waals surface area contributed by atoms with E-state index in [1.54, 1.807) is 11.7 Å². The number of carbonyl (C=O) groups is 2. The number of nitrogens with one attached hydrogen (secondary N) is 1. The maximum atomic E-state index is 12.7. The lowest BCUT2D eigenvalue weighted by Gasteiger charge is -2.25. The van der Waals surface area contributed by atoms with Crippen molar-refractivity contribution in [1.29, 1.82) is 0 Å². The molecule has 3 aromatic rings. The Morgan fingerprint density at radius 3 is 2.41 bits per heavy atom. The summed E-state index contributed by atoms with van der Waals surface area (Å²) < 4.78 is 1.61. The SMILES string of the molecule is Cn1cc(-c2ccccc2)c(NC(=O)C(=O)N2CCC(N)(c3ccccc3)C2)n1. The lowest BCUT2D eigenvalue weighted by atomic mass is 9.90. The van der Waals surface area contributed by atoms with Gasteiger partial charge >= 0.3 is 11.8 Å². The quantitative estimate of drug-likeness (QED) is 0.671. The second-order valence-electron chi connectivity index (χ2n) is 7.38. The molecule has 0 aliphatic carbocycles. The van der Waals surface area contributed by atoms with E-state index in [1.807, 2.05) is 66.9 Å². The number of rotatable bonds is 3. The predicted molar refractivity (Wildman–Crippen MR) is 111 cm³/mol. The highest BCUT2D eigenvalue weighted by atomic mass is 16.2. The van der Waals surface area contributed by atoms with Crippen molar-refractivity contribution in [2.75, 3.05) is 18.4 Å². The van der Waals surface area contributed by atoms with Gasteiger partial charge in [0.15, 0.2) is 5.82 Å². The second-order valence-corrected chi connectivity index (χ2v) is 7.38. The third-order valence-corrected chi connectivity index (χ3v) is 5.28. The van der Waals surface area contributed by atoms with E-state index in [-0.39, 0.29) is 0 Å². The van der Waals surface area contributed by atoms with E-state index in [4.69, 9.17) is 5.73 Å². The molecule has 2 heterocycles. The van der Waals surface area contributed by atoms with Gasteiger partial charge < -0.3 is 16.0 Å². The van der Waals surface area contributed by atoms with E-state index in [0.29, 0.717) is 25.3 Å². The zero-order chi connectivity index (χ0) is 20.4. The second kappa shape index (κ2) is 7.52. The van der Waals surface area contributed by atoms with Gasteiger partial charge in [0.2, 0.25) is 0 Å². The van der Waals surface area contributed by atoms with E-state index in [0.717, 1.165) is 16.7 Å². The number of anilines is 1. The number of hydrogen-bond acceptors (Lipinski definition) is 4. The Labute approximate surface area is 169 Å². The first-order chi connectivity index (χ1) is 14.0. The molecule has 29 heavy (non-hydrogen) atoms. The first-order valence-electron chi connectivity index (χ1n) is 9.50. The number of amides is 2. The monoisotopic (exact) mass is 389 g/mol. The number of nitrogens with two attached hydrogens (primary N) is 1. The van der Waals surface area contributed by atoms with Crippen LogP contribution in [0.1, 0.15) is 12.0 Å². The van der Waals surface area contributed by atoms with Crippen LogP contribution in [0.3, 0.4) is 0 Å². The molecule has 0 bridgehead atoms. The highest BCUT2D eigenvalue weighted by Gasteiger charge is 2.39. The molecule has 1 atom stereocenters. The highest BCUT2D eigenvalue weighted by molar-refractivity contribution is 6.39. The van der Waals surface area contributed by atoms with E-state index in [1.165, 1.54) is 4.90 Å². The Morgan fingerprint density at radius 2 is 1.72 bits per heavy atom. The molecule has 148 valence electrons. The van der Waals surface area contributed by atoms with Gasteiger partial charge in [-0.25, -0.2) is 0 Å². The largest absolute Gasteiger partial charge is 0.332 e. The van der Waals surface area contributed by atoms with Crippen LogP contribution in [0.5, 0.6) is 0 Å². The molecule has 1 aromatic heterocycles. The van der Waals surface area contributed by atoms with Crippen molar-refractivity contribution < 1.29 is 9.59 Å². The third kappa shape index (κ3) is 3.77. The molecule has 1 fully saturated rings. The van der Waals surface area contributed by atoms with E-state index in [9.17, 15) is 9.59 Å². The predicted octanol–water partition coefficient (Wildman–Crippen LogP) is 2.11. The molecule has 1 unspecified atom stereocenters. The maximum absolute atomic E-state index is 12.7. The van der Waals surface area contributed by atoms with Crippen LogP contribution in [-0.2, 0) is 22.2 Å². The summed E-state index contributed by atoms with van der Waals surface area (Å²) in [6.07, 6.45) is 2.42. The minimum Gasteiger partial charge on any atom is -0.332 e. The molecular weight excluding hydrogens is 366 g/mol. The topological polar surface area (TPSA) is 93.2 Å². The smallest absolute Gasteiger partial charge is 0.315 e. The van der Waals surface area contributed by atoms with Gasteiger partial charge in [-0.05, 0) is 17.5 Å². The van der Waals surface area contributed by atoms with Crippen LogP contribution in [-0.4, -0.2) is 39.6 Å². The summed E-state index contributed by atoms with van der Waals surface area (Å²) in [5, 5.41) is 6.97. The molecule has 0 radical (unpaired) electrons. The first kappa shape index (κ1) is 18.9. The fraction of sp³-hybridized carbons (Fsp3) is 0.227. The summed E-state index contributed by atoms with van der Waals surface area (Å²) in [6, 6.07) is 19.3. The number of aromatic nitrogens is 2. The minimum atomic E-state index is -0.710. The molecule has 4 rings (SSSR count). The van der Waals surface area contributed by atoms with Crippen LogP contribution < -0.4 is 11.1 Å². The maximum Gasteiger partial charge on any atom is 0.315 e. The van der Waals surface area contributed by atoms with Crippen molar-refractivity contribution in [3.63, 3.8) is 0 Å². The summed E-state index contributed by atoms with van der Waals surface area (Å²) in [5.74, 6) is -0.950. The number of benzene rings is 2. The van der Waals surface area contributed by atoms with Crippen molar-refractivity contribution in [3.05, 3.63) is 72.4 Å². The Balaban J connectivity index is 1.48. The average Bonchev–Trinajstić information content (AvgIpc) is 3.32. The molecule has 3 N–H and O–H groups in total. The fourth-order valence-corrected chi connectivity index (χ4v) is 3.73. The van der Waals surface area contributed by atoms with Gasteiger partial charge in [0.05, 0.1) is 5.54 Å². The molecule has 1 aliphatic rings. The Morgan fingerprint density at radius 1 is 1.07 bits per heavy atom. The van der Waals surface area contributed by atoms with E-state index >= 15 is 0 Å². The summed E-state index contributed by atoms with van der Waals surface area (Å²) in [7, 11) is 1.77. The number of likely N-dealkylation sites (tertiary alicyclic amines) is 1. The molecule has 2 amide bonds. The van der Waals surface area contributed by atoms with Crippen molar-refractivity contribution in [3.8, 4) is 11.1 Å². The van der Waals surface area contributed by atoms with Gasteiger partial charge in [0, 0.05) is 31.9 Å². The molecule has 2 aromatic carbocycles. The average molecular weight is 389 g/mol. The Kier molecular flexibility index (Phi) is 4.90. The number of hydrogen-bond donors (Lipinski definition) is 2. The molecule has 1 saturated heterocycles. The zero-order valence-electron chi connectivity index (χ0n) is 16.2. The van der Waals surface area contributed by atoms with Gasteiger partial charge in [0.25, 0.3) is 0 Å². The van der Waals surface area contributed by atoms with E-state index < -0.39 is 17.4 Å². The van der Waals surface area contributed by atoms with Crippen LogP contribution in [0.4, 0.5) is 5.82 Å². The summed E-state index contributed by atoms with van der Waals surface area (Å²) in [4.78, 5) is 26.9. The lowest BCUT2D eigenvalue weighted by Crippen LogP contribution is -2.44. The van der Waals surface area contributed by atoms with Gasteiger partial charge in [-0.3, -0.25) is 14.3 Å². The van der Waals surface area contributed by atoms with Crippen LogP contribution in [0.2, 0.25) is 0 Å². The molecule has 7 nitrogen and oxygen atoms in total. The summed E-state index contributed by atoms with van der Waals surface area (Å²) >= 11 is 0. The molecule has 1 aliphatic heterocycles. The summed E-state index contributed by atoms with van der Waals surface area (Å²) in [5.41, 5.74) is 8.52. The fourth-order valence-electron chi connectivity index (χ4n) is 3.73. The normalized spacial score (nSPS) is 18.6. The number of nitrogens with zero attached hydrogens (tertiary/aromatic N) is 3. The van der Waals surface area contributed by atoms with Crippen molar-refractivity contribution >= 4 is 17.6 Å². The molecule has 7 heteroatoms. The Hall–Kier alpha value is -3.45. The van der Waals surface area contributed by atoms with Crippen molar-refractivity contribution in [2.24, 2.45) is 12.8 Å². The Bertz CT molecular complexity index is 1030. The molecule has 0 spiro atoms. The molecule has 0 saturated carbocycles. The standard InChI is InChI=1S/C22H23N5O2/c1-26-14-18(16-8-4-2-5-9-16)19(25-26)24-20(28)21(29)27-13-12-22(23,15-27)17-10-6-3-7-11-17/h2-11,14H,12-13,15,23H2,1H3,(H,24,25,28).